The minimum absolute atomic E-state index is 0.266. The molecule has 0 unspecified atom stereocenters. The summed E-state index contributed by atoms with van der Waals surface area (Å²) in [4.78, 5) is 20.7. The van der Waals surface area contributed by atoms with Gasteiger partial charge in [-0.1, -0.05) is 18.2 Å². The molecule has 1 amide bonds. The van der Waals surface area contributed by atoms with Crippen LogP contribution in [0.3, 0.4) is 0 Å². The van der Waals surface area contributed by atoms with E-state index >= 15 is 0 Å². The van der Waals surface area contributed by atoms with Crippen LogP contribution >= 0.6 is 0 Å². The van der Waals surface area contributed by atoms with Gasteiger partial charge in [-0.3, -0.25) is 4.79 Å². The van der Waals surface area contributed by atoms with Gasteiger partial charge in [0.15, 0.2) is 0 Å². The molecule has 0 bridgehead atoms. The number of rotatable bonds is 4. The standard InChI is InChI=1S/C20H20N4O/c1-13-5-4-6-16(9-13)23-19-11-18(21-12-22-19)20(25)24-17-8-7-14(2)15(3)10-17/h4-12H,1-3H3,(H,24,25)(H,21,22,23). The molecule has 0 aliphatic rings. The molecule has 2 N–H and O–H groups in total. The van der Waals surface area contributed by atoms with Gasteiger partial charge in [0.25, 0.3) is 5.91 Å². The molecule has 0 saturated heterocycles. The Morgan fingerprint density at radius 3 is 2.48 bits per heavy atom. The number of aromatic nitrogens is 2. The lowest BCUT2D eigenvalue weighted by Crippen LogP contribution is -2.14. The molecule has 1 aromatic heterocycles. The molecular weight excluding hydrogens is 312 g/mol. The smallest absolute Gasteiger partial charge is 0.274 e. The summed E-state index contributed by atoms with van der Waals surface area (Å²) in [5.74, 6) is 0.309. The quantitative estimate of drug-likeness (QED) is 0.743. The molecule has 3 rings (SSSR count). The molecule has 3 aromatic rings. The van der Waals surface area contributed by atoms with Crippen LogP contribution < -0.4 is 10.6 Å². The van der Waals surface area contributed by atoms with Crippen molar-refractivity contribution in [2.75, 3.05) is 10.6 Å². The van der Waals surface area contributed by atoms with Crippen LogP contribution in [0.15, 0.2) is 54.9 Å². The van der Waals surface area contributed by atoms with E-state index in [-0.39, 0.29) is 5.91 Å². The molecule has 0 spiro atoms. The molecule has 25 heavy (non-hydrogen) atoms. The Labute approximate surface area is 147 Å². The van der Waals surface area contributed by atoms with Gasteiger partial charge < -0.3 is 10.6 Å². The van der Waals surface area contributed by atoms with Crippen molar-refractivity contribution in [1.29, 1.82) is 0 Å². The van der Waals surface area contributed by atoms with Crippen molar-refractivity contribution in [1.82, 2.24) is 9.97 Å². The Bertz CT molecular complexity index is 921. The molecule has 0 aliphatic heterocycles. The number of carbonyl (C=O) groups is 1. The molecule has 0 radical (unpaired) electrons. The van der Waals surface area contributed by atoms with Gasteiger partial charge in [0.1, 0.15) is 17.8 Å². The first kappa shape index (κ1) is 16.6. The number of carbonyl (C=O) groups excluding carboxylic acids is 1. The summed E-state index contributed by atoms with van der Waals surface area (Å²) in [6, 6.07) is 15.4. The summed E-state index contributed by atoms with van der Waals surface area (Å²) in [5.41, 5.74) is 5.43. The van der Waals surface area contributed by atoms with E-state index in [0.717, 1.165) is 22.5 Å². The molecule has 2 aromatic carbocycles. The van der Waals surface area contributed by atoms with Crippen LogP contribution in [0, 0.1) is 20.8 Å². The maximum Gasteiger partial charge on any atom is 0.274 e. The molecule has 5 heteroatoms. The van der Waals surface area contributed by atoms with Crippen molar-refractivity contribution >= 4 is 23.1 Å². The van der Waals surface area contributed by atoms with Gasteiger partial charge in [0.05, 0.1) is 0 Å². The van der Waals surface area contributed by atoms with Crippen LogP contribution in [-0.4, -0.2) is 15.9 Å². The Hall–Kier alpha value is -3.21. The van der Waals surface area contributed by atoms with Crippen molar-refractivity contribution in [3.63, 3.8) is 0 Å². The number of nitrogens with one attached hydrogen (secondary N) is 2. The fraction of sp³-hybridized carbons (Fsp3) is 0.150. The van der Waals surface area contributed by atoms with Crippen LogP contribution in [0.2, 0.25) is 0 Å². The zero-order valence-corrected chi connectivity index (χ0v) is 14.5. The summed E-state index contributed by atoms with van der Waals surface area (Å²) in [7, 11) is 0. The van der Waals surface area contributed by atoms with E-state index in [9.17, 15) is 4.79 Å². The van der Waals surface area contributed by atoms with Gasteiger partial charge in [-0.15, -0.1) is 0 Å². The fourth-order valence-corrected chi connectivity index (χ4v) is 2.43. The van der Waals surface area contributed by atoms with E-state index in [1.54, 1.807) is 6.07 Å². The van der Waals surface area contributed by atoms with Crippen LogP contribution in [0.1, 0.15) is 27.2 Å². The van der Waals surface area contributed by atoms with Crippen molar-refractivity contribution in [2.45, 2.75) is 20.8 Å². The molecule has 0 fully saturated rings. The lowest BCUT2D eigenvalue weighted by molar-refractivity contribution is 0.102. The summed E-state index contributed by atoms with van der Waals surface area (Å²) >= 11 is 0. The average Bonchev–Trinajstić information content (AvgIpc) is 2.58. The van der Waals surface area contributed by atoms with Crippen molar-refractivity contribution < 1.29 is 4.79 Å². The predicted octanol–water partition coefficient (Wildman–Crippen LogP) is 4.40. The lowest BCUT2D eigenvalue weighted by atomic mass is 10.1. The average molecular weight is 332 g/mol. The molecule has 1 heterocycles. The van der Waals surface area contributed by atoms with Crippen molar-refractivity contribution in [3.8, 4) is 0 Å². The minimum atomic E-state index is -0.266. The monoisotopic (exact) mass is 332 g/mol. The Morgan fingerprint density at radius 1 is 0.880 bits per heavy atom. The van der Waals surface area contributed by atoms with Gasteiger partial charge in [-0.05, 0) is 61.7 Å². The number of aryl methyl sites for hydroxylation is 3. The molecule has 0 atom stereocenters. The third kappa shape index (κ3) is 4.20. The molecular formula is C20H20N4O. The van der Waals surface area contributed by atoms with Crippen LogP contribution in [0.4, 0.5) is 17.2 Å². The van der Waals surface area contributed by atoms with Crippen molar-refractivity contribution in [2.24, 2.45) is 0 Å². The highest BCUT2D eigenvalue weighted by Crippen LogP contribution is 2.17. The number of anilines is 3. The fourth-order valence-electron chi connectivity index (χ4n) is 2.43. The molecule has 0 saturated carbocycles. The zero-order valence-electron chi connectivity index (χ0n) is 14.5. The van der Waals surface area contributed by atoms with Gasteiger partial charge in [-0.25, -0.2) is 9.97 Å². The highest BCUT2D eigenvalue weighted by molar-refractivity contribution is 6.03. The minimum Gasteiger partial charge on any atom is -0.340 e. The van der Waals surface area contributed by atoms with E-state index in [2.05, 4.69) is 20.6 Å². The van der Waals surface area contributed by atoms with Crippen molar-refractivity contribution in [3.05, 3.63) is 77.2 Å². The summed E-state index contributed by atoms with van der Waals surface area (Å²) in [6.45, 7) is 6.07. The number of nitrogens with zero attached hydrogens (tertiary/aromatic N) is 2. The molecule has 0 aliphatic carbocycles. The van der Waals surface area contributed by atoms with Crippen LogP contribution in [-0.2, 0) is 0 Å². The summed E-state index contributed by atoms with van der Waals surface area (Å²) < 4.78 is 0. The van der Waals surface area contributed by atoms with E-state index in [1.165, 1.54) is 11.9 Å². The number of benzene rings is 2. The third-order valence-electron chi connectivity index (χ3n) is 3.95. The summed E-state index contributed by atoms with van der Waals surface area (Å²) in [5, 5.41) is 6.06. The maximum absolute atomic E-state index is 12.4. The number of hydrogen-bond donors (Lipinski definition) is 2. The molecule has 5 nitrogen and oxygen atoms in total. The van der Waals surface area contributed by atoms with Gasteiger partial charge in [-0.2, -0.15) is 0 Å². The zero-order chi connectivity index (χ0) is 17.8. The Balaban J connectivity index is 1.76. The second-order valence-corrected chi connectivity index (χ2v) is 6.04. The number of amides is 1. The van der Waals surface area contributed by atoms with Crippen LogP contribution in [0.5, 0.6) is 0 Å². The van der Waals surface area contributed by atoms with Gasteiger partial charge in [0.2, 0.25) is 0 Å². The second-order valence-electron chi connectivity index (χ2n) is 6.04. The molecule has 126 valence electrons. The SMILES string of the molecule is Cc1cccc(Nc2cc(C(=O)Nc3ccc(C)c(C)c3)ncn2)c1. The first-order valence-corrected chi connectivity index (χ1v) is 8.05. The highest BCUT2D eigenvalue weighted by Gasteiger charge is 2.10. The Morgan fingerprint density at radius 2 is 1.72 bits per heavy atom. The van der Waals surface area contributed by atoms with E-state index in [1.807, 2.05) is 63.2 Å². The second kappa shape index (κ2) is 7.13. The predicted molar refractivity (Wildman–Crippen MR) is 100 cm³/mol. The van der Waals surface area contributed by atoms with E-state index in [0.29, 0.717) is 11.5 Å². The van der Waals surface area contributed by atoms with Gasteiger partial charge in [0, 0.05) is 17.4 Å². The van der Waals surface area contributed by atoms with Crippen LogP contribution in [0.25, 0.3) is 0 Å². The maximum atomic E-state index is 12.4. The lowest BCUT2D eigenvalue weighted by Gasteiger charge is -2.09. The summed E-state index contributed by atoms with van der Waals surface area (Å²) in [6.07, 6.45) is 1.38. The van der Waals surface area contributed by atoms with E-state index in [4.69, 9.17) is 0 Å². The first-order chi connectivity index (χ1) is 12.0. The largest absolute Gasteiger partial charge is 0.340 e. The Kier molecular flexibility index (Phi) is 4.75. The number of hydrogen-bond acceptors (Lipinski definition) is 4. The topological polar surface area (TPSA) is 66.9 Å². The first-order valence-electron chi connectivity index (χ1n) is 8.05. The van der Waals surface area contributed by atoms with E-state index < -0.39 is 0 Å². The third-order valence-corrected chi connectivity index (χ3v) is 3.95. The normalized spacial score (nSPS) is 10.4. The van der Waals surface area contributed by atoms with Gasteiger partial charge >= 0.3 is 0 Å². The highest BCUT2D eigenvalue weighted by atomic mass is 16.1.